The van der Waals surface area contributed by atoms with Gasteiger partial charge < -0.3 is 16.0 Å². The molecule has 158 valence electrons. The van der Waals surface area contributed by atoms with Crippen molar-refractivity contribution in [2.75, 3.05) is 10.6 Å². The van der Waals surface area contributed by atoms with Gasteiger partial charge in [-0.2, -0.15) is 0 Å². The maximum atomic E-state index is 12.9. The number of para-hydroxylation sites is 2. The van der Waals surface area contributed by atoms with E-state index in [9.17, 15) is 14.4 Å². The van der Waals surface area contributed by atoms with Crippen molar-refractivity contribution in [3.8, 4) is 0 Å². The summed E-state index contributed by atoms with van der Waals surface area (Å²) in [6, 6.07) is 22.2. The number of benzene rings is 3. The van der Waals surface area contributed by atoms with Crippen molar-refractivity contribution in [3.63, 3.8) is 0 Å². The zero-order chi connectivity index (χ0) is 22.2. The molecule has 3 amide bonds. The molecule has 0 aliphatic carbocycles. The maximum absolute atomic E-state index is 12.9. The minimum absolute atomic E-state index is 0.286. The van der Waals surface area contributed by atoms with Crippen LogP contribution >= 0.6 is 0 Å². The molecule has 6 nitrogen and oxygen atoms in total. The van der Waals surface area contributed by atoms with Crippen molar-refractivity contribution in [1.29, 1.82) is 0 Å². The molecule has 31 heavy (non-hydrogen) atoms. The van der Waals surface area contributed by atoms with E-state index in [2.05, 4.69) is 16.0 Å². The van der Waals surface area contributed by atoms with E-state index in [1.165, 1.54) is 0 Å². The number of carbonyl (C=O) groups is 3. The number of nitrogens with one attached hydrogen (secondary N) is 3. The van der Waals surface area contributed by atoms with Crippen molar-refractivity contribution in [1.82, 2.24) is 5.32 Å². The second-order valence-electron chi connectivity index (χ2n) is 7.16. The second-order valence-corrected chi connectivity index (χ2v) is 7.16. The molecule has 3 N–H and O–H groups in total. The van der Waals surface area contributed by atoms with Crippen molar-refractivity contribution >= 4 is 29.1 Å². The predicted molar refractivity (Wildman–Crippen MR) is 122 cm³/mol. The first-order valence-electron chi connectivity index (χ1n) is 10.1. The molecule has 0 heterocycles. The second kappa shape index (κ2) is 10.2. The zero-order valence-electron chi connectivity index (χ0n) is 17.5. The van der Waals surface area contributed by atoms with Gasteiger partial charge in [0.2, 0.25) is 5.91 Å². The van der Waals surface area contributed by atoms with E-state index in [-0.39, 0.29) is 17.4 Å². The summed E-state index contributed by atoms with van der Waals surface area (Å²) >= 11 is 0. The Bertz CT molecular complexity index is 1060. The molecule has 0 bridgehead atoms. The van der Waals surface area contributed by atoms with E-state index < -0.39 is 11.9 Å². The monoisotopic (exact) mass is 415 g/mol. The number of hydrogen-bond donors (Lipinski definition) is 3. The van der Waals surface area contributed by atoms with Crippen molar-refractivity contribution in [3.05, 3.63) is 95.6 Å². The van der Waals surface area contributed by atoms with Crippen LogP contribution in [0, 0.1) is 6.92 Å². The summed E-state index contributed by atoms with van der Waals surface area (Å²) in [6.07, 6.45) is 0.419. The molecule has 0 aromatic heterocycles. The van der Waals surface area contributed by atoms with E-state index in [4.69, 9.17) is 0 Å². The molecule has 0 fully saturated rings. The largest absolute Gasteiger partial charge is 0.340 e. The Morgan fingerprint density at radius 3 is 2.10 bits per heavy atom. The zero-order valence-corrected chi connectivity index (χ0v) is 17.5. The van der Waals surface area contributed by atoms with Crippen molar-refractivity contribution in [2.24, 2.45) is 0 Å². The molecule has 0 radical (unpaired) electrons. The van der Waals surface area contributed by atoms with Crippen LogP contribution in [0.15, 0.2) is 78.9 Å². The van der Waals surface area contributed by atoms with Gasteiger partial charge in [-0.05, 0) is 49.7 Å². The van der Waals surface area contributed by atoms with Crippen LogP contribution in [0.25, 0.3) is 0 Å². The van der Waals surface area contributed by atoms with Gasteiger partial charge in [0.15, 0.2) is 0 Å². The smallest absolute Gasteiger partial charge is 0.255 e. The van der Waals surface area contributed by atoms with Crippen LogP contribution in [0.1, 0.15) is 39.6 Å². The molecule has 0 spiro atoms. The predicted octanol–water partition coefficient (Wildman–Crippen LogP) is 4.39. The number of amides is 3. The fraction of sp³-hybridized carbons (Fsp3) is 0.160. The molecule has 0 aliphatic rings. The van der Waals surface area contributed by atoms with Crippen LogP contribution in [0.3, 0.4) is 0 Å². The lowest BCUT2D eigenvalue weighted by atomic mass is 10.1. The summed E-state index contributed by atoms with van der Waals surface area (Å²) in [4.78, 5) is 38.1. The topological polar surface area (TPSA) is 87.3 Å². The molecule has 0 aliphatic heterocycles. The van der Waals surface area contributed by atoms with Gasteiger partial charge in [0.25, 0.3) is 11.8 Å². The quantitative estimate of drug-likeness (QED) is 0.535. The summed E-state index contributed by atoms with van der Waals surface area (Å²) in [6.45, 7) is 3.76. The van der Waals surface area contributed by atoms with Crippen LogP contribution in [0.4, 0.5) is 11.4 Å². The molecule has 3 aromatic rings. The van der Waals surface area contributed by atoms with Crippen LogP contribution in [-0.2, 0) is 4.79 Å². The summed E-state index contributed by atoms with van der Waals surface area (Å²) < 4.78 is 0. The highest BCUT2D eigenvalue weighted by Crippen LogP contribution is 2.17. The summed E-state index contributed by atoms with van der Waals surface area (Å²) in [7, 11) is 0. The highest BCUT2D eigenvalue weighted by molar-refractivity contribution is 6.10. The Morgan fingerprint density at radius 2 is 1.42 bits per heavy atom. The highest BCUT2D eigenvalue weighted by atomic mass is 16.2. The van der Waals surface area contributed by atoms with Gasteiger partial charge in [-0.25, -0.2) is 0 Å². The molecule has 0 unspecified atom stereocenters. The van der Waals surface area contributed by atoms with Gasteiger partial charge in [0, 0.05) is 11.3 Å². The number of rotatable bonds is 7. The lowest BCUT2D eigenvalue weighted by Gasteiger charge is -2.18. The SMILES string of the molecule is CC[C@@H](NC(=O)c1ccccc1NC(=O)c1ccc(C)cc1)C(=O)Nc1ccccc1. The van der Waals surface area contributed by atoms with Crippen molar-refractivity contribution < 1.29 is 14.4 Å². The van der Waals surface area contributed by atoms with Crippen molar-refractivity contribution in [2.45, 2.75) is 26.3 Å². The van der Waals surface area contributed by atoms with E-state index in [1.807, 2.05) is 44.2 Å². The number of hydrogen-bond acceptors (Lipinski definition) is 3. The Hall–Kier alpha value is -3.93. The summed E-state index contributed by atoms with van der Waals surface area (Å²) in [5.74, 6) is -1.05. The lowest BCUT2D eigenvalue weighted by molar-refractivity contribution is -0.118. The fourth-order valence-corrected chi connectivity index (χ4v) is 3.03. The lowest BCUT2D eigenvalue weighted by Crippen LogP contribution is -2.43. The number of anilines is 2. The first-order chi connectivity index (χ1) is 15.0. The molecule has 3 aromatic carbocycles. The molecular weight excluding hydrogens is 390 g/mol. The van der Waals surface area contributed by atoms with Gasteiger partial charge in [-0.3, -0.25) is 14.4 Å². The van der Waals surface area contributed by atoms with Gasteiger partial charge in [-0.1, -0.05) is 55.0 Å². The van der Waals surface area contributed by atoms with E-state index in [1.54, 1.807) is 48.5 Å². The molecule has 0 saturated carbocycles. The van der Waals surface area contributed by atoms with Gasteiger partial charge in [0.05, 0.1) is 11.3 Å². The summed E-state index contributed by atoms with van der Waals surface area (Å²) in [5, 5.41) is 8.35. The van der Waals surface area contributed by atoms with E-state index >= 15 is 0 Å². The number of aryl methyl sites for hydroxylation is 1. The van der Waals surface area contributed by atoms with E-state index in [0.29, 0.717) is 23.4 Å². The van der Waals surface area contributed by atoms with Gasteiger partial charge in [0.1, 0.15) is 6.04 Å². The van der Waals surface area contributed by atoms with Crippen LogP contribution in [-0.4, -0.2) is 23.8 Å². The van der Waals surface area contributed by atoms with Gasteiger partial charge in [-0.15, -0.1) is 0 Å². The average Bonchev–Trinajstić information content (AvgIpc) is 2.78. The van der Waals surface area contributed by atoms with E-state index in [0.717, 1.165) is 5.56 Å². The molecule has 6 heteroatoms. The Labute approximate surface area is 181 Å². The Balaban J connectivity index is 1.71. The molecule has 1 atom stereocenters. The Morgan fingerprint density at radius 1 is 0.774 bits per heavy atom. The highest BCUT2D eigenvalue weighted by Gasteiger charge is 2.22. The standard InChI is InChI=1S/C25H25N3O3/c1-3-21(25(31)26-19-9-5-4-6-10-19)27-24(30)20-11-7-8-12-22(20)28-23(29)18-15-13-17(2)14-16-18/h4-16,21H,3H2,1-2H3,(H,26,31)(H,27,30)(H,28,29)/t21-/m1/s1. The van der Waals surface area contributed by atoms with Crippen LogP contribution < -0.4 is 16.0 Å². The van der Waals surface area contributed by atoms with Crippen LogP contribution in [0.5, 0.6) is 0 Å². The molecule has 0 saturated heterocycles. The normalized spacial score (nSPS) is 11.3. The first kappa shape index (κ1) is 21.8. The summed E-state index contributed by atoms with van der Waals surface area (Å²) in [5.41, 5.74) is 2.87. The minimum atomic E-state index is -0.714. The maximum Gasteiger partial charge on any atom is 0.255 e. The third-order valence-corrected chi connectivity index (χ3v) is 4.81. The first-order valence-corrected chi connectivity index (χ1v) is 10.1. The number of carbonyl (C=O) groups excluding carboxylic acids is 3. The van der Waals surface area contributed by atoms with Gasteiger partial charge >= 0.3 is 0 Å². The average molecular weight is 415 g/mol. The van der Waals surface area contributed by atoms with Crippen LogP contribution in [0.2, 0.25) is 0 Å². The minimum Gasteiger partial charge on any atom is -0.340 e. The Kier molecular flexibility index (Phi) is 7.17. The third-order valence-electron chi connectivity index (χ3n) is 4.81. The third kappa shape index (κ3) is 5.79. The fourth-order valence-electron chi connectivity index (χ4n) is 3.03. The molecule has 3 rings (SSSR count). The molecular formula is C25H25N3O3.